The van der Waals surface area contributed by atoms with E-state index < -0.39 is 10.0 Å². The van der Waals surface area contributed by atoms with Gasteiger partial charge in [-0.15, -0.1) is 0 Å². The normalized spacial score (nSPS) is 11.7. The van der Waals surface area contributed by atoms with Crippen LogP contribution in [0.2, 0.25) is 0 Å². The zero-order chi connectivity index (χ0) is 19.1. The van der Waals surface area contributed by atoms with Gasteiger partial charge in [0.2, 0.25) is 0 Å². The van der Waals surface area contributed by atoms with Crippen molar-refractivity contribution in [3.05, 3.63) is 57.6 Å². The van der Waals surface area contributed by atoms with Crippen molar-refractivity contribution in [3.8, 4) is 0 Å². The minimum absolute atomic E-state index is 0.166. The maximum atomic E-state index is 12.7. The lowest BCUT2D eigenvalue weighted by Gasteiger charge is -2.09. The van der Waals surface area contributed by atoms with Crippen molar-refractivity contribution < 1.29 is 8.42 Å². The second kappa shape index (κ2) is 6.88. The molecule has 138 valence electrons. The van der Waals surface area contributed by atoms with E-state index in [0.717, 1.165) is 15.7 Å². The van der Waals surface area contributed by atoms with Crippen LogP contribution in [0.5, 0.6) is 0 Å². The quantitative estimate of drug-likeness (QED) is 0.664. The van der Waals surface area contributed by atoms with E-state index in [4.69, 9.17) is 0 Å². The second-order valence-electron chi connectivity index (χ2n) is 6.19. The lowest BCUT2D eigenvalue weighted by Crippen LogP contribution is -2.14. The first-order valence-corrected chi connectivity index (χ1v) is 10.3. The Morgan fingerprint density at radius 1 is 1.08 bits per heavy atom. The van der Waals surface area contributed by atoms with Gasteiger partial charge in [-0.2, -0.15) is 10.2 Å². The van der Waals surface area contributed by atoms with Crippen molar-refractivity contribution in [2.45, 2.75) is 32.2 Å². The van der Waals surface area contributed by atoms with Crippen LogP contribution in [0, 0.1) is 20.8 Å². The van der Waals surface area contributed by atoms with E-state index >= 15 is 0 Å². The molecule has 1 aromatic carbocycles. The maximum Gasteiger partial charge on any atom is 0.265 e. The molecular formula is C17H20BrN5O2S. The number of benzene rings is 1. The van der Waals surface area contributed by atoms with Crippen molar-refractivity contribution in [2.75, 3.05) is 4.72 Å². The molecule has 0 saturated heterocycles. The van der Waals surface area contributed by atoms with Crippen molar-refractivity contribution in [1.29, 1.82) is 0 Å². The van der Waals surface area contributed by atoms with E-state index in [0.29, 0.717) is 23.6 Å². The monoisotopic (exact) mass is 437 g/mol. The van der Waals surface area contributed by atoms with Crippen LogP contribution < -0.4 is 4.72 Å². The number of aromatic nitrogens is 4. The fourth-order valence-electron chi connectivity index (χ4n) is 2.79. The van der Waals surface area contributed by atoms with Crippen LogP contribution in [0.3, 0.4) is 0 Å². The van der Waals surface area contributed by atoms with Crippen molar-refractivity contribution >= 4 is 31.6 Å². The Balaban J connectivity index is 1.90. The van der Waals surface area contributed by atoms with E-state index in [1.54, 1.807) is 25.6 Å². The summed E-state index contributed by atoms with van der Waals surface area (Å²) >= 11 is 3.42. The number of halogens is 1. The molecule has 0 atom stereocenters. The molecule has 3 aromatic rings. The highest BCUT2D eigenvalue weighted by Gasteiger charge is 2.23. The molecule has 0 saturated carbocycles. The molecule has 0 aliphatic heterocycles. The third-order valence-electron chi connectivity index (χ3n) is 4.12. The Labute approximate surface area is 161 Å². The van der Waals surface area contributed by atoms with E-state index in [2.05, 4.69) is 30.8 Å². The van der Waals surface area contributed by atoms with Gasteiger partial charge in [-0.1, -0.05) is 28.1 Å². The molecule has 0 unspecified atom stereocenters. The smallest absolute Gasteiger partial charge is 0.265 e. The van der Waals surface area contributed by atoms with Gasteiger partial charge in [0.15, 0.2) is 0 Å². The average molecular weight is 438 g/mol. The number of anilines is 1. The summed E-state index contributed by atoms with van der Waals surface area (Å²) in [7, 11) is -2.03. The Kier molecular flexibility index (Phi) is 4.94. The number of nitrogens with one attached hydrogen (secondary N) is 1. The molecule has 0 fully saturated rings. The summed E-state index contributed by atoms with van der Waals surface area (Å²) in [5.74, 6) is 0. The number of hydrogen-bond acceptors (Lipinski definition) is 4. The molecular weight excluding hydrogens is 418 g/mol. The largest absolute Gasteiger partial charge is 0.276 e. The minimum Gasteiger partial charge on any atom is -0.276 e. The summed E-state index contributed by atoms with van der Waals surface area (Å²) in [4.78, 5) is 0.166. The molecule has 0 aliphatic rings. The van der Waals surface area contributed by atoms with E-state index in [1.807, 2.05) is 31.2 Å². The number of hydrogen-bond donors (Lipinski definition) is 1. The predicted molar refractivity (Wildman–Crippen MR) is 104 cm³/mol. The van der Waals surface area contributed by atoms with Crippen LogP contribution in [0.15, 0.2) is 39.8 Å². The highest BCUT2D eigenvalue weighted by molar-refractivity contribution is 9.10. The molecule has 9 heteroatoms. The molecule has 0 amide bonds. The number of sulfonamides is 1. The minimum atomic E-state index is -3.73. The van der Waals surface area contributed by atoms with Gasteiger partial charge in [0.05, 0.1) is 29.3 Å². The topological polar surface area (TPSA) is 81.8 Å². The summed E-state index contributed by atoms with van der Waals surface area (Å²) in [5, 5.41) is 8.60. The molecule has 0 bridgehead atoms. The third-order valence-corrected chi connectivity index (χ3v) is 6.10. The van der Waals surface area contributed by atoms with Crippen LogP contribution in [-0.2, 0) is 23.6 Å². The lowest BCUT2D eigenvalue weighted by atomic mass is 10.2. The summed E-state index contributed by atoms with van der Waals surface area (Å²) in [6, 6.07) is 7.94. The third kappa shape index (κ3) is 3.68. The van der Waals surface area contributed by atoms with Crippen molar-refractivity contribution in [1.82, 2.24) is 19.6 Å². The van der Waals surface area contributed by atoms with Gasteiger partial charge < -0.3 is 0 Å². The van der Waals surface area contributed by atoms with Crippen LogP contribution >= 0.6 is 15.9 Å². The lowest BCUT2D eigenvalue weighted by molar-refractivity contribution is 0.600. The molecule has 3 rings (SSSR count). The Morgan fingerprint density at radius 3 is 2.31 bits per heavy atom. The SMILES string of the molecule is Cc1nn(C)cc1S(=O)(=O)Nc1c(C)nn(Cc2ccc(Br)cc2)c1C. The molecule has 7 nitrogen and oxygen atoms in total. The summed E-state index contributed by atoms with van der Waals surface area (Å²) in [6.45, 7) is 5.88. The van der Waals surface area contributed by atoms with Crippen LogP contribution in [-0.4, -0.2) is 28.0 Å². The van der Waals surface area contributed by atoms with Gasteiger partial charge in [-0.25, -0.2) is 8.42 Å². The molecule has 26 heavy (non-hydrogen) atoms. The first-order chi connectivity index (χ1) is 12.2. The van der Waals surface area contributed by atoms with Crippen LogP contribution in [0.4, 0.5) is 5.69 Å². The number of aryl methyl sites for hydroxylation is 3. The Hall–Kier alpha value is -2.13. The highest BCUT2D eigenvalue weighted by Crippen LogP contribution is 2.25. The molecule has 1 N–H and O–H groups in total. The van der Waals surface area contributed by atoms with Gasteiger partial charge in [0.25, 0.3) is 10.0 Å². The Bertz CT molecular complexity index is 1050. The highest BCUT2D eigenvalue weighted by atomic mass is 79.9. The Morgan fingerprint density at radius 2 is 1.73 bits per heavy atom. The van der Waals surface area contributed by atoms with Crippen LogP contribution in [0.25, 0.3) is 0 Å². The number of nitrogens with zero attached hydrogens (tertiary/aromatic N) is 4. The van der Waals surface area contributed by atoms with E-state index in [-0.39, 0.29) is 4.90 Å². The van der Waals surface area contributed by atoms with Gasteiger partial charge in [-0.3, -0.25) is 14.1 Å². The molecule has 0 aliphatic carbocycles. The fraction of sp³-hybridized carbons (Fsp3) is 0.294. The predicted octanol–water partition coefficient (Wildman–Crippen LogP) is 3.15. The van der Waals surface area contributed by atoms with Crippen molar-refractivity contribution in [3.63, 3.8) is 0 Å². The summed E-state index contributed by atoms with van der Waals surface area (Å²) in [6.07, 6.45) is 1.49. The summed E-state index contributed by atoms with van der Waals surface area (Å²) in [5.41, 5.74) is 3.43. The van der Waals surface area contributed by atoms with E-state index in [1.165, 1.54) is 10.9 Å². The summed E-state index contributed by atoms with van der Waals surface area (Å²) < 4.78 is 32.4. The zero-order valence-corrected chi connectivity index (χ0v) is 17.4. The zero-order valence-electron chi connectivity index (χ0n) is 15.0. The number of rotatable bonds is 5. The maximum absolute atomic E-state index is 12.7. The van der Waals surface area contributed by atoms with E-state index in [9.17, 15) is 8.42 Å². The van der Waals surface area contributed by atoms with Gasteiger partial charge in [-0.05, 0) is 38.5 Å². The van der Waals surface area contributed by atoms with Gasteiger partial charge in [0.1, 0.15) is 4.90 Å². The van der Waals surface area contributed by atoms with Gasteiger partial charge in [0, 0.05) is 17.7 Å². The first-order valence-electron chi connectivity index (χ1n) is 7.99. The van der Waals surface area contributed by atoms with Crippen LogP contribution in [0.1, 0.15) is 22.6 Å². The van der Waals surface area contributed by atoms with Crippen molar-refractivity contribution in [2.24, 2.45) is 7.05 Å². The average Bonchev–Trinajstić information content (AvgIpc) is 3.03. The first kappa shape index (κ1) is 18.7. The molecule has 0 spiro atoms. The molecule has 2 aromatic heterocycles. The molecule has 0 radical (unpaired) electrons. The second-order valence-corrected chi connectivity index (χ2v) is 8.75. The van der Waals surface area contributed by atoms with Gasteiger partial charge >= 0.3 is 0 Å². The standard InChI is InChI=1S/C17H20BrN5O2S/c1-11-16(10-22(4)19-11)26(24,25)21-17-12(2)20-23(13(17)3)9-14-5-7-15(18)8-6-14/h5-8,10,21H,9H2,1-4H3. The molecule has 2 heterocycles. The fourth-order valence-corrected chi connectivity index (χ4v) is 4.45.